The number of nitrogens with one attached hydrogen (secondary N) is 1. The minimum Gasteiger partial charge on any atom is -0.481 e. The van der Waals surface area contributed by atoms with Crippen LogP contribution in [0.2, 0.25) is 0 Å². The zero-order valence-corrected chi connectivity index (χ0v) is 20.8. The molecule has 14 heteroatoms. The maximum atomic E-state index is 13.8. The van der Waals surface area contributed by atoms with Crippen molar-refractivity contribution >= 4 is 40.7 Å². The van der Waals surface area contributed by atoms with Crippen LogP contribution in [-0.2, 0) is 9.59 Å². The van der Waals surface area contributed by atoms with Crippen molar-refractivity contribution in [3.63, 3.8) is 0 Å². The highest BCUT2D eigenvalue weighted by Gasteiger charge is 2.44. The second kappa shape index (κ2) is 11.3. The molecule has 3 aromatic rings. The quantitative estimate of drug-likeness (QED) is 0.318. The Morgan fingerprint density at radius 2 is 1.69 bits per heavy atom. The lowest BCUT2D eigenvalue weighted by Gasteiger charge is -2.30. The van der Waals surface area contributed by atoms with Gasteiger partial charge in [-0.25, -0.2) is 8.78 Å². The van der Waals surface area contributed by atoms with Gasteiger partial charge in [-0.15, -0.1) is 11.3 Å². The van der Waals surface area contributed by atoms with Gasteiger partial charge in [-0.2, -0.15) is 0 Å². The van der Waals surface area contributed by atoms with Crippen LogP contribution in [0.5, 0.6) is 0 Å². The van der Waals surface area contributed by atoms with Gasteiger partial charge in [0.25, 0.3) is 23.4 Å². The molecule has 3 amide bonds. The Hall–Kier alpha value is -4.72. The fraction of sp³-hybridized carbons (Fsp3) is 0.200. The third-order valence-corrected chi connectivity index (χ3v) is 6.81. The first-order valence-electron chi connectivity index (χ1n) is 11.4. The number of thiophene rings is 1. The summed E-state index contributed by atoms with van der Waals surface area (Å²) in [6, 6.07) is 9.05. The second-order valence-electron chi connectivity index (χ2n) is 8.52. The summed E-state index contributed by atoms with van der Waals surface area (Å²) in [5, 5.41) is 24.8. The molecule has 0 saturated carbocycles. The van der Waals surface area contributed by atoms with Crippen LogP contribution in [0.25, 0.3) is 0 Å². The fourth-order valence-corrected chi connectivity index (χ4v) is 4.93. The number of nitro benzene ring substituents is 1. The number of nitrogens with zero attached hydrogens (tertiary/aromatic N) is 3. The smallest absolute Gasteiger partial charge is 0.305 e. The number of carbonyl (C=O) groups excluding carboxylic acids is 3. The first-order chi connectivity index (χ1) is 18.5. The van der Waals surface area contributed by atoms with E-state index in [4.69, 9.17) is 0 Å². The fourth-order valence-electron chi connectivity index (χ4n) is 4.25. The molecular weight excluding hydrogens is 538 g/mol. The molecule has 1 fully saturated rings. The minimum absolute atomic E-state index is 0.0984. The van der Waals surface area contributed by atoms with Crippen LogP contribution in [-0.4, -0.2) is 62.8 Å². The van der Waals surface area contributed by atoms with E-state index in [1.165, 1.54) is 24.3 Å². The van der Waals surface area contributed by atoms with Crippen molar-refractivity contribution in [1.82, 2.24) is 15.1 Å². The van der Waals surface area contributed by atoms with Gasteiger partial charge in [0.2, 0.25) is 0 Å². The third-order valence-electron chi connectivity index (χ3n) is 5.95. The van der Waals surface area contributed by atoms with Gasteiger partial charge in [-0.3, -0.25) is 29.3 Å². The molecule has 2 N–H and O–H groups in total. The Kier molecular flexibility index (Phi) is 7.95. The van der Waals surface area contributed by atoms with Crippen LogP contribution in [0, 0.1) is 21.7 Å². The number of carboxylic acids is 1. The summed E-state index contributed by atoms with van der Waals surface area (Å²) in [6.45, 7) is -0.259. The number of halogens is 2. The molecule has 202 valence electrons. The van der Waals surface area contributed by atoms with Crippen LogP contribution in [0.15, 0.2) is 60.0 Å². The molecule has 11 nitrogen and oxygen atoms in total. The zero-order chi connectivity index (χ0) is 28.3. The number of aliphatic carboxylic acids is 1. The second-order valence-corrected chi connectivity index (χ2v) is 9.47. The lowest BCUT2D eigenvalue weighted by atomic mass is 10.0. The molecule has 2 unspecified atom stereocenters. The predicted octanol–water partition coefficient (Wildman–Crippen LogP) is 3.19. The van der Waals surface area contributed by atoms with Crippen molar-refractivity contribution in [2.45, 2.75) is 18.6 Å². The molecule has 0 spiro atoms. The predicted molar refractivity (Wildman–Crippen MR) is 133 cm³/mol. The van der Waals surface area contributed by atoms with Crippen molar-refractivity contribution in [3.05, 3.63) is 97.7 Å². The molecule has 0 radical (unpaired) electrons. The largest absolute Gasteiger partial charge is 0.481 e. The number of rotatable bonds is 8. The van der Waals surface area contributed by atoms with Gasteiger partial charge >= 0.3 is 5.97 Å². The van der Waals surface area contributed by atoms with Crippen LogP contribution in [0.3, 0.4) is 0 Å². The third kappa shape index (κ3) is 6.06. The summed E-state index contributed by atoms with van der Waals surface area (Å²) in [5.74, 6) is -5.83. The van der Waals surface area contributed by atoms with Crippen molar-refractivity contribution < 1.29 is 38.0 Å². The summed E-state index contributed by atoms with van der Waals surface area (Å²) in [5.41, 5.74) is -0.618. The molecule has 4 rings (SSSR count). The lowest BCUT2D eigenvalue weighted by molar-refractivity contribution is -0.384. The highest BCUT2D eigenvalue weighted by molar-refractivity contribution is 7.12. The number of hydrogen-bond donors (Lipinski definition) is 2. The number of nitro groups is 1. The zero-order valence-electron chi connectivity index (χ0n) is 20.0. The number of carboxylic acid groups (broad SMARTS) is 1. The topological polar surface area (TPSA) is 150 Å². The van der Waals surface area contributed by atoms with E-state index in [0.29, 0.717) is 6.07 Å². The van der Waals surface area contributed by atoms with Gasteiger partial charge in [0.05, 0.1) is 22.3 Å². The number of hydrogen-bond acceptors (Lipinski definition) is 7. The minimum atomic E-state index is -1.60. The Labute approximate surface area is 223 Å². The molecule has 0 bridgehead atoms. The van der Waals surface area contributed by atoms with Crippen molar-refractivity contribution in [1.29, 1.82) is 0 Å². The van der Waals surface area contributed by atoms with Gasteiger partial charge in [0.1, 0.15) is 11.6 Å². The van der Waals surface area contributed by atoms with Crippen LogP contribution in [0.1, 0.15) is 38.1 Å². The Morgan fingerprint density at radius 1 is 1.03 bits per heavy atom. The molecular formula is C25H20F2N4O7S. The van der Waals surface area contributed by atoms with Gasteiger partial charge in [-0.1, -0.05) is 18.2 Å². The summed E-state index contributed by atoms with van der Waals surface area (Å²) >= 11 is 1.10. The SMILES string of the molecule is O=C(O)CC(NC(=O)C1N(C(=O)c2cc(F)cc(F)c2)CCN1C(=O)c1cccs1)c1cccc([N+](=O)[O-])c1. The van der Waals surface area contributed by atoms with E-state index in [-0.39, 0.29) is 29.2 Å². The molecule has 2 aromatic carbocycles. The molecule has 2 heterocycles. The van der Waals surface area contributed by atoms with Crippen molar-refractivity contribution in [2.24, 2.45) is 0 Å². The average Bonchev–Trinajstić information content (AvgIpc) is 3.57. The standard InChI is InChI=1S/C25H20F2N4O7S/c26-16-9-15(10-17(27)12-16)24(35)29-6-7-30(25(36)20-5-2-8-39-20)23(29)22(34)28-19(13-21(32)33)14-3-1-4-18(11-14)31(37)38/h1-5,8-12,19,23H,6-7,13H2,(H,28,34)(H,32,33). The first kappa shape index (κ1) is 27.3. The summed E-state index contributed by atoms with van der Waals surface area (Å²) in [6.07, 6.45) is -2.27. The Bertz CT molecular complexity index is 1430. The number of non-ortho nitro benzene ring substituents is 1. The van der Waals surface area contributed by atoms with Gasteiger partial charge in [-0.05, 0) is 29.1 Å². The normalized spacial score (nSPS) is 15.6. The van der Waals surface area contributed by atoms with Gasteiger partial charge < -0.3 is 20.2 Å². The summed E-state index contributed by atoms with van der Waals surface area (Å²) in [4.78, 5) is 64.6. The van der Waals surface area contributed by atoms with Crippen LogP contribution >= 0.6 is 11.3 Å². The Balaban J connectivity index is 1.70. The van der Waals surface area contributed by atoms with Crippen molar-refractivity contribution in [3.8, 4) is 0 Å². The number of carbonyl (C=O) groups is 4. The van der Waals surface area contributed by atoms with Gasteiger partial charge in [0, 0.05) is 36.9 Å². The van der Waals surface area contributed by atoms with E-state index < -0.39 is 64.4 Å². The Morgan fingerprint density at radius 3 is 2.28 bits per heavy atom. The molecule has 1 aromatic heterocycles. The highest BCUT2D eigenvalue weighted by atomic mass is 32.1. The molecule has 39 heavy (non-hydrogen) atoms. The molecule has 2 atom stereocenters. The number of benzene rings is 2. The van der Waals surface area contributed by atoms with Gasteiger partial charge in [0.15, 0.2) is 6.17 Å². The molecule has 1 aliphatic heterocycles. The molecule has 1 saturated heterocycles. The first-order valence-corrected chi connectivity index (χ1v) is 12.3. The highest BCUT2D eigenvalue weighted by Crippen LogP contribution is 2.26. The van der Waals surface area contributed by atoms with E-state index in [1.54, 1.807) is 11.4 Å². The average molecular weight is 559 g/mol. The van der Waals surface area contributed by atoms with Crippen LogP contribution < -0.4 is 5.32 Å². The van der Waals surface area contributed by atoms with E-state index in [9.17, 15) is 43.2 Å². The van der Waals surface area contributed by atoms with E-state index in [1.807, 2.05) is 0 Å². The van der Waals surface area contributed by atoms with E-state index in [0.717, 1.165) is 39.3 Å². The molecule has 0 aliphatic carbocycles. The summed E-state index contributed by atoms with van der Waals surface area (Å²) in [7, 11) is 0. The van der Waals surface area contributed by atoms with E-state index in [2.05, 4.69) is 5.32 Å². The number of amides is 3. The summed E-state index contributed by atoms with van der Waals surface area (Å²) < 4.78 is 27.7. The maximum Gasteiger partial charge on any atom is 0.305 e. The maximum absolute atomic E-state index is 13.8. The molecule has 1 aliphatic rings. The van der Waals surface area contributed by atoms with E-state index >= 15 is 0 Å². The lowest BCUT2D eigenvalue weighted by Crippen LogP contribution is -2.54. The van der Waals surface area contributed by atoms with Crippen molar-refractivity contribution in [2.75, 3.05) is 13.1 Å². The monoisotopic (exact) mass is 558 g/mol. The van der Waals surface area contributed by atoms with Crippen LogP contribution in [0.4, 0.5) is 14.5 Å².